The summed E-state index contributed by atoms with van der Waals surface area (Å²) in [6.45, 7) is 0.0828. The lowest BCUT2D eigenvalue weighted by atomic mass is 9.95. The third-order valence-electron chi connectivity index (χ3n) is 5.25. The van der Waals surface area contributed by atoms with E-state index in [-0.39, 0.29) is 41.6 Å². The molecule has 1 aliphatic heterocycles. The molecule has 0 radical (unpaired) electrons. The number of carbonyl (C=O) groups is 1. The van der Waals surface area contributed by atoms with Gasteiger partial charge in [0.05, 0.1) is 23.9 Å². The van der Waals surface area contributed by atoms with Crippen LogP contribution in [0.1, 0.15) is 30.3 Å². The number of imidazole rings is 1. The van der Waals surface area contributed by atoms with E-state index >= 15 is 0 Å². The SMILES string of the molecule is CC1(NC(=O)c2cn3nc(Oc4ncc(F)cc4OCC(F)(F)F)ccc3n2)CCS(=O)(=O)CC1. The summed E-state index contributed by atoms with van der Waals surface area (Å²) in [4.78, 5) is 20.5. The Morgan fingerprint density at radius 3 is 2.66 bits per heavy atom. The van der Waals surface area contributed by atoms with Crippen LogP contribution in [0.2, 0.25) is 0 Å². The molecule has 1 fully saturated rings. The number of nitrogens with zero attached hydrogens (tertiary/aromatic N) is 4. The maximum absolute atomic E-state index is 13.5. The van der Waals surface area contributed by atoms with E-state index in [9.17, 15) is 30.8 Å². The molecule has 0 aromatic carbocycles. The number of alkyl halides is 3. The Labute approximate surface area is 196 Å². The first-order chi connectivity index (χ1) is 16.3. The van der Waals surface area contributed by atoms with Crippen molar-refractivity contribution in [1.82, 2.24) is 24.9 Å². The Morgan fingerprint density at radius 1 is 1.26 bits per heavy atom. The van der Waals surface area contributed by atoms with Gasteiger partial charge in [0.15, 0.2) is 18.0 Å². The first-order valence-corrected chi connectivity index (χ1v) is 12.1. The molecule has 3 aromatic rings. The largest absolute Gasteiger partial charge is 0.478 e. The number of carbonyl (C=O) groups excluding carboxylic acids is 1. The number of pyridine rings is 1. The molecule has 10 nitrogen and oxygen atoms in total. The number of nitrogens with one attached hydrogen (secondary N) is 1. The van der Waals surface area contributed by atoms with E-state index in [4.69, 9.17) is 4.74 Å². The fraction of sp³-hybridized carbons (Fsp3) is 0.400. The highest BCUT2D eigenvalue weighted by Crippen LogP contribution is 2.30. The molecule has 0 bridgehead atoms. The van der Waals surface area contributed by atoms with Crippen molar-refractivity contribution in [1.29, 1.82) is 0 Å². The number of fused-ring (bicyclic) bond motifs is 1. The van der Waals surface area contributed by atoms with Crippen molar-refractivity contribution in [3.8, 4) is 17.5 Å². The van der Waals surface area contributed by atoms with E-state index in [0.29, 0.717) is 6.07 Å². The average molecular weight is 517 g/mol. The van der Waals surface area contributed by atoms with Gasteiger partial charge in [0, 0.05) is 17.7 Å². The van der Waals surface area contributed by atoms with Crippen molar-refractivity contribution >= 4 is 21.4 Å². The molecule has 3 aromatic heterocycles. The molecule has 1 saturated heterocycles. The molecule has 0 aliphatic carbocycles. The van der Waals surface area contributed by atoms with Gasteiger partial charge in [0.25, 0.3) is 11.8 Å². The summed E-state index contributed by atoms with van der Waals surface area (Å²) in [5, 5.41) is 6.90. The van der Waals surface area contributed by atoms with E-state index in [2.05, 4.69) is 25.1 Å². The molecule has 1 N–H and O–H groups in total. The highest BCUT2D eigenvalue weighted by Gasteiger charge is 2.35. The number of sulfone groups is 1. The molecule has 1 aliphatic rings. The van der Waals surface area contributed by atoms with Crippen LogP contribution in [-0.4, -0.2) is 63.7 Å². The lowest BCUT2D eigenvalue weighted by Gasteiger charge is -2.34. The molecule has 15 heteroatoms. The molecule has 35 heavy (non-hydrogen) atoms. The Balaban J connectivity index is 1.50. The lowest BCUT2D eigenvalue weighted by molar-refractivity contribution is -0.153. The first-order valence-electron chi connectivity index (χ1n) is 10.2. The van der Waals surface area contributed by atoms with Gasteiger partial charge in [-0.2, -0.15) is 13.2 Å². The van der Waals surface area contributed by atoms with Crippen molar-refractivity contribution in [2.24, 2.45) is 0 Å². The summed E-state index contributed by atoms with van der Waals surface area (Å²) in [5.41, 5.74) is -0.432. The molecule has 0 saturated carbocycles. The van der Waals surface area contributed by atoms with Gasteiger partial charge >= 0.3 is 6.18 Å². The summed E-state index contributed by atoms with van der Waals surface area (Å²) < 4.78 is 85.4. The van der Waals surface area contributed by atoms with E-state index in [1.165, 1.54) is 22.8 Å². The number of hydrogen-bond donors (Lipinski definition) is 1. The molecule has 4 rings (SSSR count). The predicted molar refractivity (Wildman–Crippen MR) is 113 cm³/mol. The third-order valence-corrected chi connectivity index (χ3v) is 6.90. The van der Waals surface area contributed by atoms with Crippen molar-refractivity contribution in [3.05, 3.63) is 42.1 Å². The minimum atomic E-state index is -4.66. The summed E-state index contributed by atoms with van der Waals surface area (Å²) in [6, 6.07) is 3.47. The monoisotopic (exact) mass is 517 g/mol. The molecule has 0 atom stereocenters. The zero-order chi connectivity index (χ0) is 25.4. The number of hydrogen-bond acceptors (Lipinski definition) is 8. The molecule has 0 spiro atoms. The normalized spacial score (nSPS) is 17.2. The second-order valence-electron chi connectivity index (χ2n) is 8.23. The van der Waals surface area contributed by atoms with E-state index < -0.39 is 51.5 Å². The molecular weight excluding hydrogens is 498 g/mol. The highest BCUT2D eigenvalue weighted by atomic mass is 32.2. The van der Waals surface area contributed by atoms with E-state index in [1.807, 2.05) is 0 Å². The number of ether oxygens (including phenoxy) is 2. The van der Waals surface area contributed by atoms with Gasteiger partial charge in [-0.25, -0.2) is 27.3 Å². The average Bonchev–Trinajstić information content (AvgIpc) is 3.19. The number of amides is 1. The second-order valence-corrected chi connectivity index (χ2v) is 10.5. The standard InChI is InChI=1S/C20H19F4N5O5S/c1-19(4-6-35(31,32)7-5-19)27-17(30)13-10-29-15(26-13)2-3-16(28-29)34-18-14(8-12(21)9-25-18)33-11-20(22,23)24/h2-3,8-10H,4-7,11H2,1H3,(H,27,30). The quantitative estimate of drug-likeness (QED) is 0.495. The van der Waals surface area contributed by atoms with Crippen LogP contribution in [0.5, 0.6) is 17.5 Å². The van der Waals surface area contributed by atoms with Crippen LogP contribution in [0, 0.1) is 5.82 Å². The molecule has 0 unspecified atom stereocenters. The second kappa shape index (κ2) is 8.94. The zero-order valence-corrected chi connectivity index (χ0v) is 19.0. The first kappa shape index (κ1) is 24.6. The van der Waals surface area contributed by atoms with Gasteiger partial charge in [-0.15, -0.1) is 5.10 Å². The van der Waals surface area contributed by atoms with Crippen LogP contribution in [0.3, 0.4) is 0 Å². The summed E-state index contributed by atoms with van der Waals surface area (Å²) in [6.07, 6.45) is -2.07. The van der Waals surface area contributed by atoms with Gasteiger partial charge in [-0.3, -0.25) is 4.79 Å². The predicted octanol–water partition coefficient (Wildman–Crippen LogP) is 2.69. The van der Waals surface area contributed by atoms with Crippen LogP contribution < -0.4 is 14.8 Å². The molecule has 1 amide bonds. The minimum Gasteiger partial charge on any atom is -0.478 e. The number of halogens is 4. The topological polar surface area (TPSA) is 125 Å². The van der Waals surface area contributed by atoms with Gasteiger partial charge in [-0.05, 0) is 25.8 Å². The summed E-state index contributed by atoms with van der Waals surface area (Å²) in [7, 11) is -3.11. The summed E-state index contributed by atoms with van der Waals surface area (Å²) in [5.74, 6) is -2.65. The Morgan fingerprint density at radius 2 is 1.97 bits per heavy atom. The third kappa shape index (κ3) is 6.15. The van der Waals surface area contributed by atoms with Gasteiger partial charge in [0.1, 0.15) is 21.3 Å². The maximum Gasteiger partial charge on any atom is 0.422 e. The molecule has 188 valence electrons. The van der Waals surface area contributed by atoms with Crippen LogP contribution in [0.25, 0.3) is 5.65 Å². The lowest BCUT2D eigenvalue weighted by Crippen LogP contribution is -2.51. The van der Waals surface area contributed by atoms with Gasteiger partial charge in [-0.1, -0.05) is 0 Å². The van der Waals surface area contributed by atoms with E-state index in [0.717, 1.165) is 6.20 Å². The van der Waals surface area contributed by atoms with Crippen LogP contribution in [0.15, 0.2) is 30.6 Å². The van der Waals surface area contributed by atoms with Crippen LogP contribution in [0.4, 0.5) is 17.6 Å². The fourth-order valence-corrected chi connectivity index (χ4v) is 5.05. The van der Waals surface area contributed by atoms with Crippen LogP contribution in [-0.2, 0) is 9.84 Å². The van der Waals surface area contributed by atoms with Crippen molar-refractivity contribution in [2.45, 2.75) is 31.5 Å². The smallest absolute Gasteiger partial charge is 0.422 e. The van der Waals surface area contributed by atoms with Crippen molar-refractivity contribution < 1.29 is 40.2 Å². The van der Waals surface area contributed by atoms with E-state index in [1.54, 1.807) is 6.92 Å². The van der Waals surface area contributed by atoms with Gasteiger partial charge < -0.3 is 14.8 Å². The fourth-order valence-electron chi connectivity index (χ4n) is 3.33. The van der Waals surface area contributed by atoms with Crippen molar-refractivity contribution in [3.63, 3.8) is 0 Å². The zero-order valence-electron chi connectivity index (χ0n) is 18.2. The number of rotatable bonds is 6. The Kier molecular flexibility index (Phi) is 6.29. The summed E-state index contributed by atoms with van der Waals surface area (Å²) >= 11 is 0. The Hall–Kier alpha value is -3.49. The maximum atomic E-state index is 13.5. The molecular formula is C20H19F4N5O5S. The van der Waals surface area contributed by atoms with Crippen molar-refractivity contribution in [2.75, 3.05) is 18.1 Å². The molecule has 4 heterocycles. The highest BCUT2D eigenvalue weighted by molar-refractivity contribution is 7.91. The van der Waals surface area contributed by atoms with Gasteiger partial charge in [0.2, 0.25) is 5.88 Å². The number of aromatic nitrogens is 4. The Bertz CT molecular complexity index is 1360. The minimum absolute atomic E-state index is 0.0124. The van der Waals surface area contributed by atoms with Crippen LogP contribution >= 0.6 is 0 Å².